The Labute approximate surface area is 188 Å². The molecule has 7 nitrogen and oxygen atoms in total. The minimum absolute atomic E-state index is 0.0734. The number of ketones is 1. The van der Waals surface area contributed by atoms with Crippen LogP contribution in [0.15, 0.2) is 42.0 Å². The molecule has 0 spiro atoms. The predicted molar refractivity (Wildman–Crippen MR) is 123 cm³/mol. The number of likely N-dealkylation sites (tertiary alicyclic amines) is 1. The fourth-order valence-corrected chi connectivity index (χ4v) is 3.83. The van der Waals surface area contributed by atoms with Crippen molar-refractivity contribution < 1.29 is 24.2 Å². The number of benzene rings is 2. The summed E-state index contributed by atoms with van der Waals surface area (Å²) >= 11 is 0. The zero-order chi connectivity index (χ0) is 23.6. The predicted octanol–water partition coefficient (Wildman–Crippen LogP) is 3.30. The van der Waals surface area contributed by atoms with Gasteiger partial charge in [0.05, 0.1) is 25.8 Å². The van der Waals surface area contributed by atoms with Crippen molar-refractivity contribution in [2.24, 2.45) is 0 Å². The topological polar surface area (TPSA) is 79.3 Å². The number of likely N-dealkylation sites (N-methyl/N-ethyl adjacent to an activating group) is 1. The zero-order valence-corrected chi connectivity index (χ0v) is 19.4. The Hall–Kier alpha value is -3.32. The van der Waals surface area contributed by atoms with E-state index in [0.29, 0.717) is 35.7 Å². The van der Waals surface area contributed by atoms with Crippen LogP contribution in [0.4, 0.5) is 0 Å². The second kappa shape index (κ2) is 9.44. The maximum absolute atomic E-state index is 13.1. The summed E-state index contributed by atoms with van der Waals surface area (Å²) in [6.07, 6.45) is 0. The normalized spacial score (nSPS) is 17.8. The van der Waals surface area contributed by atoms with Crippen LogP contribution < -0.4 is 9.47 Å². The second-order valence-corrected chi connectivity index (χ2v) is 8.21. The lowest BCUT2D eigenvalue weighted by molar-refractivity contribution is -0.140. The van der Waals surface area contributed by atoms with Crippen LogP contribution in [-0.2, 0) is 9.59 Å². The van der Waals surface area contributed by atoms with E-state index in [4.69, 9.17) is 9.47 Å². The molecule has 3 rings (SSSR count). The summed E-state index contributed by atoms with van der Waals surface area (Å²) in [6.45, 7) is 4.82. The van der Waals surface area contributed by atoms with Gasteiger partial charge >= 0.3 is 0 Å². The molecule has 0 aliphatic carbocycles. The van der Waals surface area contributed by atoms with Crippen LogP contribution in [-0.4, -0.2) is 68.0 Å². The minimum Gasteiger partial charge on any atom is -0.507 e. The van der Waals surface area contributed by atoms with Crippen LogP contribution in [0.5, 0.6) is 11.5 Å². The fourth-order valence-electron chi connectivity index (χ4n) is 3.83. The Bertz CT molecular complexity index is 1070. The lowest BCUT2D eigenvalue weighted by Crippen LogP contribution is -2.35. The van der Waals surface area contributed by atoms with Gasteiger partial charge < -0.3 is 24.4 Å². The van der Waals surface area contributed by atoms with Crippen molar-refractivity contribution in [1.29, 1.82) is 0 Å². The van der Waals surface area contributed by atoms with Gasteiger partial charge in [0.15, 0.2) is 11.5 Å². The van der Waals surface area contributed by atoms with Gasteiger partial charge in [-0.1, -0.05) is 18.2 Å². The first-order valence-electron chi connectivity index (χ1n) is 10.4. The number of aliphatic hydroxyl groups excluding tert-OH is 1. The Balaban J connectivity index is 2.20. The summed E-state index contributed by atoms with van der Waals surface area (Å²) < 4.78 is 10.8. The van der Waals surface area contributed by atoms with Crippen molar-refractivity contribution in [1.82, 2.24) is 9.80 Å². The summed E-state index contributed by atoms with van der Waals surface area (Å²) in [6, 6.07) is 9.99. The quantitative estimate of drug-likeness (QED) is 0.406. The molecule has 0 saturated carbocycles. The third-order valence-corrected chi connectivity index (χ3v) is 5.83. The number of aliphatic hydroxyl groups is 1. The summed E-state index contributed by atoms with van der Waals surface area (Å²) in [5.74, 6) is -0.486. The third kappa shape index (κ3) is 4.34. The van der Waals surface area contributed by atoms with Crippen molar-refractivity contribution in [3.8, 4) is 11.5 Å². The highest BCUT2D eigenvalue weighted by Crippen LogP contribution is 2.41. The zero-order valence-electron chi connectivity index (χ0n) is 19.4. The highest BCUT2D eigenvalue weighted by atomic mass is 16.5. The number of Topliss-reactive ketones (excluding diaryl/α,β-unsaturated/α-hetero) is 1. The average molecular weight is 439 g/mol. The van der Waals surface area contributed by atoms with Crippen molar-refractivity contribution in [2.75, 3.05) is 41.4 Å². The SMILES string of the molecule is COc1ccc(C2/C(=C(/O)c3ccc(C)c(C)c3)C(=O)C(=O)N2CCN(C)C)cc1OC. The lowest BCUT2D eigenvalue weighted by atomic mass is 9.94. The summed E-state index contributed by atoms with van der Waals surface area (Å²) in [5.41, 5.74) is 3.29. The molecule has 1 amide bonds. The van der Waals surface area contributed by atoms with Gasteiger partial charge in [0, 0.05) is 18.7 Å². The number of hydrogen-bond donors (Lipinski definition) is 1. The van der Waals surface area contributed by atoms with Gasteiger partial charge in [0.1, 0.15) is 5.76 Å². The van der Waals surface area contributed by atoms with Gasteiger partial charge in [-0.3, -0.25) is 9.59 Å². The first-order valence-corrected chi connectivity index (χ1v) is 10.4. The van der Waals surface area contributed by atoms with Crippen LogP contribution in [0.1, 0.15) is 28.3 Å². The monoisotopic (exact) mass is 438 g/mol. The van der Waals surface area contributed by atoms with E-state index in [1.54, 1.807) is 31.4 Å². The lowest BCUT2D eigenvalue weighted by Gasteiger charge is -2.27. The van der Waals surface area contributed by atoms with Gasteiger partial charge in [-0.05, 0) is 62.8 Å². The number of carbonyl (C=O) groups excluding carboxylic acids is 2. The number of rotatable bonds is 7. The molecule has 1 heterocycles. The van der Waals surface area contributed by atoms with Crippen LogP contribution in [0.3, 0.4) is 0 Å². The molecule has 1 atom stereocenters. The first-order chi connectivity index (χ1) is 15.2. The molecule has 7 heteroatoms. The molecule has 1 aliphatic heterocycles. The molecule has 0 aromatic heterocycles. The fraction of sp³-hybridized carbons (Fsp3) is 0.360. The molecule has 1 unspecified atom stereocenters. The number of ether oxygens (including phenoxy) is 2. The molecule has 170 valence electrons. The minimum atomic E-state index is -0.739. The van der Waals surface area contributed by atoms with Crippen molar-refractivity contribution >= 4 is 17.4 Å². The number of carbonyl (C=O) groups is 2. The molecule has 0 bridgehead atoms. The summed E-state index contributed by atoms with van der Waals surface area (Å²) in [4.78, 5) is 29.6. The Morgan fingerprint density at radius 3 is 2.28 bits per heavy atom. The molecule has 1 fully saturated rings. The number of amides is 1. The van der Waals surface area contributed by atoms with E-state index in [9.17, 15) is 14.7 Å². The van der Waals surface area contributed by atoms with Gasteiger partial charge in [-0.25, -0.2) is 0 Å². The van der Waals surface area contributed by atoms with E-state index < -0.39 is 17.7 Å². The molecule has 32 heavy (non-hydrogen) atoms. The van der Waals surface area contributed by atoms with Crippen molar-refractivity contribution in [3.63, 3.8) is 0 Å². The van der Waals surface area contributed by atoms with Crippen LogP contribution in [0.2, 0.25) is 0 Å². The van der Waals surface area contributed by atoms with Crippen LogP contribution in [0.25, 0.3) is 5.76 Å². The van der Waals surface area contributed by atoms with E-state index in [2.05, 4.69) is 0 Å². The summed E-state index contributed by atoms with van der Waals surface area (Å²) in [5, 5.41) is 11.2. The summed E-state index contributed by atoms with van der Waals surface area (Å²) in [7, 11) is 6.87. The smallest absolute Gasteiger partial charge is 0.295 e. The van der Waals surface area contributed by atoms with Gasteiger partial charge in [-0.2, -0.15) is 0 Å². The van der Waals surface area contributed by atoms with E-state index in [1.807, 2.05) is 45.0 Å². The molecule has 1 N–H and O–H groups in total. The molecule has 0 radical (unpaired) electrons. The first kappa shape index (κ1) is 23.3. The largest absolute Gasteiger partial charge is 0.507 e. The number of methoxy groups -OCH3 is 2. The standard InChI is InChI=1S/C25H30N2O5/c1-15-7-8-18(13-16(15)2)23(28)21-22(17-9-10-19(31-5)20(14-17)32-6)27(12-11-26(3)4)25(30)24(21)29/h7-10,13-14,22,28H,11-12H2,1-6H3/b23-21-. The molecule has 2 aromatic rings. The van der Waals surface area contributed by atoms with Gasteiger partial charge in [0.25, 0.3) is 11.7 Å². The van der Waals surface area contributed by atoms with Crippen molar-refractivity contribution in [2.45, 2.75) is 19.9 Å². The second-order valence-electron chi connectivity index (χ2n) is 8.21. The highest BCUT2D eigenvalue weighted by Gasteiger charge is 2.46. The number of aryl methyl sites for hydroxylation is 2. The van der Waals surface area contributed by atoms with E-state index in [0.717, 1.165) is 11.1 Å². The Kier molecular flexibility index (Phi) is 6.89. The van der Waals surface area contributed by atoms with Gasteiger partial charge in [-0.15, -0.1) is 0 Å². The van der Waals surface area contributed by atoms with Crippen LogP contribution >= 0.6 is 0 Å². The molecular weight excluding hydrogens is 408 g/mol. The maximum Gasteiger partial charge on any atom is 0.295 e. The Morgan fingerprint density at radius 2 is 1.69 bits per heavy atom. The number of nitrogens with zero attached hydrogens (tertiary/aromatic N) is 2. The van der Waals surface area contributed by atoms with Gasteiger partial charge in [0.2, 0.25) is 0 Å². The molecular formula is C25H30N2O5. The van der Waals surface area contributed by atoms with E-state index >= 15 is 0 Å². The average Bonchev–Trinajstić information content (AvgIpc) is 3.03. The molecule has 1 saturated heterocycles. The van der Waals surface area contributed by atoms with E-state index in [1.165, 1.54) is 12.0 Å². The Morgan fingerprint density at radius 1 is 1.00 bits per heavy atom. The third-order valence-electron chi connectivity index (χ3n) is 5.83. The molecule has 2 aromatic carbocycles. The maximum atomic E-state index is 13.1. The van der Waals surface area contributed by atoms with Crippen molar-refractivity contribution in [3.05, 3.63) is 64.2 Å². The molecule has 1 aliphatic rings. The highest BCUT2D eigenvalue weighted by molar-refractivity contribution is 6.46. The number of hydrogen-bond acceptors (Lipinski definition) is 6. The van der Waals surface area contributed by atoms with Crippen LogP contribution in [0, 0.1) is 13.8 Å². The van der Waals surface area contributed by atoms with E-state index in [-0.39, 0.29) is 11.3 Å².